The van der Waals surface area contributed by atoms with Crippen molar-refractivity contribution < 1.29 is 18.8 Å². The number of fused-ring (bicyclic) bond motifs is 1. The van der Waals surface area contributed by atoms with Crippen LogP contribution in [0, 0.1) is 0 Å². The molecule has 1 aliphatic heterocycles. The van der Waals surface area contributed by atoms with Crippen molar-refractivity contribution in [1.82, 2.24) is 5.16 Å². The molecule has 6 nitrogen and oxygen atoms in total. The summed E-state index contributed by atoms with van der Waals surface area (Å²) < 4.78 is 16.4. The fourth-order valence-electron chi connectivity index (χ4n) is 2.65. The molecule has 25 heavy (non-hydrogen) atoms. The summed E-state index contributed by atoms with van der Waals surface area (Å²) in [5.74, 6) is 1.63. The molecule has 0 bridgehead atoms. The quantitative estimate of drug-likeness (QED) is 0.733. The minimum atomic E-state index is -0.237. The maximum atomic E-state index is 12.6. The van der Waals surface area contributed by atoms with Gasteiger partial charge in [-0.15, -0.1) is 0 Å². The van der Waals surface area contributed by atoms with E-state index in [1.54, 1.807) is 13.1 Å². The lowest BCUT2D eigenvalue weighted by Crippen LogP contribution is -2.26. The number of para-hydroxylation sites is 1. The maximum Gasteiger partial charge on any atom is 0.280 e. The summed E-state index contributed by atoms with van der Waals surface area (Å²) in [6.07, 6.45) is 0. The van der Waals surface area contributed by atoms with E-state index in [-0.39, 0.29) is 11.6 Å². The van der Waals surface area contributed by atoms with Crippen LogP contribution in [0.15, 0.2) is 59.1 Å². The summed E-state index contributed by atoms with van der Waals surface area (Å²) in [5, 5.41) is 3.91. The summed E-state index contributed by atoms with van der Waals surface area (Å²) in [5.41, 5.74) is 1.81. The molecular formula is C19H16N2O4. The van der Waals surface area contributed by atoms with Crippen molar-refractivity contribution in [1.29, 1.82) is 0 Å². The molecule has 0 spiro atoms. The van der Waals surface area contributed by atoms with Crippen LogP contribution in [-0.4, -0.2) is 31.3 Å². The molecule has 2 heterocycles. The molecule has 0 radical (unpaired) electrons. The molecule has 0 aliphatic carbocycles. The number of amides is 1. The second-order valence-electron chi connectivity index (χ2n) is 5.63. The van der Waals surface area contributed by atoms with Gasteiger partial charge in [0.15, 0.2) is 23.0 Å². The average Bonchev–Trinajstić information content (AvgIpc) is 3.17. The van der Waals surface area contributed by atoms with E-state index in [4.69, 9.17) is 14.0 Å². The first-order chi connectivity index (χ1) is 12.2. The minimum Gasteiger partial charge on any atom is -0.486 e. The zero-order chi connectivity index (χ0) is 17.2. The molecule has 1 aliphatic rings. The Morgan fingerprint density at radius 2 is 1.76 bits per heavy atom. The van der Waals surface area contributed by atoms with Gasteiger partial charge in [0, 0.05) is 24.4 Å². The van der Waals surface area contributed by atoms with Crippen LogP contribution in [0.5, 0.6) is 11.5 Å². The zero-order valence-electron chi connectivity index (χ0n) is 13.6. The van der Waals surface area contributed by atoms with Crippen molar-refractivity contribution in [2.24, 2.45) is 0 Å². The van der Waals surface area contributed by atoms with E-state index >= 15 is 0 Å². The SMILES string of the molecule is CN(C(=O)c1cc(-c2ccc3c(c2)OCCO3)on1)c1ccccc1. The third-order valence-electron chi connectivity index (χ3n) is 4.00. The molecule has 0 fully saturated rings. The first-order valence-corrected chi connectivity index (χ1v) is 7.92. The lowest BCUT2D eigenvalue weighted by Gasteiger charge is -2.18. The number of hydrogen-bond acceptors (Lipinski definition) is 5. The van der Waals surface area contributed by atoms with Crippen LogP contribution in [0.2, 0.25) is 0 Å². The molecule has 1 amide bonds. The highest BCUT2D eigenvalue weighted by Gasteiger charge is 2.20. The van der Waals surface area contributed by atoms with Gasteiger partial charge in [-0.05, 0) is 30.3 Å². The van der Waals surface area contributed by atoms with E-state index in [1.807, 2.05) is 48.5 Å². The molecule has 3 aromatic rings. The standard InChI is InChI=1S/C19H16N2O4/c1-21(14-5-3-2-4-6-14)19(22)15-12-17(25-20-15)13-7-8-16-18(11-13)24-10-9-23-16/h2-8,11-12H,9-10H2,1H3. The largest absolute Gasteiger partial charge is 0.486 e. The molecule has 0 atom stereocenters. The van der Waals surface area contributed by atoms with Gasteiger partial charge in [-0.1, -0.05) is 23.4 Å². The van der Waals surface area contributed by atoms with Gasteiger partial charge in [0.25, 0.3) is 5.91 Å². The van der Waals surface area contributed by atoms with Gasteiger partial charge >= 0.3 is 0 Å². The lowest BCUT2D eigenvalue weighted by atomic mass is 10.1. The molecule has 1 aromatic heterocycles. The van der Waals surface area contributed by atoms with E-state index in [1.165, 1.54) is 4.90 Å². The summed E-state index contributed by atoms with van der Waals surface area (Å²) in [6, 6.07) is 16.5. The Morgan fingerprint density at radius 1 is 1.00 bits per heavy atom. The van der Waals surface area contributed by atoms with Crippen molar-refractivity contribution in [2.45, 2.75) is 0 Å². The fourth-order valence-corrected chi connectivity index (χ4v) is 2.65. The van der Waals surface area contributed by atoms with E-state index in [0.29, 0.717) is 30.5 Å². The molecule has 0 N–H and O–H groups in total. The predicted molar refractivity (Wildman–Crippen MR) is 92.1 cm³/mol. The first kappa shape index (κ1) is 15.3. The lowest BCUT2D eigenvalue weighted by molar-refractivity contribution is 0.0984. The number of rotatable bonds is 3. The summed E-state index contributed by atoms with van der Waals surface area (Å²) in [7, 11) is 1.70. The number of benzene rings is 2. The minimum absolute atomic E-state index is 0.237. The van der Waals surface area contributed by atoms with Crippen molar-refractivity contribution in [2.75, 3.05) is 25.2 Å². The van der Waals surface area contributed by atoms with Crippen molar-refractivity contribution in [3.05, 3.63) is 60.3 Å². The third kappa shape index (κ3) is 2.94. The van der Waals surface area contributed by atoms with E-state index in [2.05, 4.69) is 5.16 Å². The van der Waals surface area contributed by atoms with Gasteiger partial charge in [0.05, 0.1) is 0 Å². The number of carbonyl (C=O) groups is 1. The number of aromatic nitrogens is 1. The number of nitrogens with zero attached hydrogens (tertiary/aromatic N) is 2. The molecular weight excluding hydrogens is 320 g/mol. The second-order valence-corrected chi connectivity index (χ2v) is 5.63. The van der Waals surface area contributed by atoms with Crippen LogP contribution >= 0.6 is 0 Å². The van der Waals surface area contributed by atoms with E-state index in [9.17, 15) is 4.79 Å². The molecule has 126 valence electrons. The highest BCUT2D eigenvalue weighted by molar-refractivity contribution is 6.04. The van der Waals surface area contributed by atoms with Crippen LogP contribution in [0.3, 0.4) is 0 Å². The van der Waals surface area contributed by atoms with Gasteiger partial charge in [-0.2, -0.15) is 0 Å². The Bertz CT molecular complexity index is 905. The summed E-state index contributed by atoms with van der Waals surface area (Å²) in [4.78, 5) is 14.1. The van der Waals surface area contributed by atoms with Crippen LogP contribution < -0.4 is 14.4 Å². The Labute approximate surface area is 144 Å². The van der Waals surface area contributed by atoms with Crippen molar-refractivity contribution >= 4 is 11.6 Å². The van der Waals surface area contributed by atoms with Gasteiger partial charge in [-0.3, -0.25) is 4.79 Å². The second kappa shape index (κ2) is 6.32. The highest BCUT2D eigenvalue weighted by Crippen LogP contribution is 2.34. The fraction of sp³-hybridized carbons (Fsp3) is 0.158. The van der Waals surface area contributed by atoms with Crippen LogP contribution in [0.1, 0.15) is 10.5 Å². The third-order valence-corrected chi connectivity index (χ3v) is 4.00. The summed E-state index contributed by atoms with van der Waals surface area (Å²) in [6.45, 7) is 1.05. The van der Waals surface area contributed by atoms with Crippen molar-refractivity contribution in [3.63, 3.8) is 0 Å². The van der Waals surface area contributed by atoms with Gasteiger partial charge in [0.2, 0.25) is 0 Å². The van der Waals surface area contributed by atoms with E-state index in [0.717, 1.165) is 11.3 Å². The van der Waals surface area contributed by atoms with Crippen LogP contribution in [0.25, 0.3) is 11.3 Å². The smallest absolute Gasteiger partial charge is 0.280 e. The number of anilines is 1. The van der Waals surface area contributed by atoms with Crippen molar-refractivity contribution in [3.8, 4) is 22.8 Å². The highest BCUT2D eigenvalue weighted by atomic mass is 16.6. The Hall–Kier alpha value is -3.28. The normalized spacial score (nSPS) is 12.7. The molecule has 2 aromatic carbocycles. The number of carbonyl (C=O) groups excluding carboxylic acids is 1. The Balaban J connectivity index is 1.59. The molecule has 6 heteroatoms. The maximum absolute atomic E-state index is 12.6. The zero-order valence-corrected chi connectivity index (χ0v) is 13.6. The van der Waals surface area contributed by atoms with Crippen LogP contribution in [0.4, 0.5) is 5.69 Å². The van der Waals surface area contributed by atoms with E-state index < -0.39 is 0 Å². The predicted octanol–water partition coefficient (Wildman–Crippen LogP) is 3.39. The average molecular weight is 336 g/mol. The monoisotopic (exact) mass is 336 g/mol. The van der Waals surface area contributed by atoms with Crippen LogP contribution in [-0.2, 0) is 0 Å². The topological polar surface area (TPSA) is 64.8 Å². The first-order valence-electron chi connectivity index (χ1n) is 7.92. The molecule has 0 unspecified atom stereocenters. The molecule has 0 saturated carbocycles. The van der Waals surface area contributed by atoms with Gasteiger partial charge in [0.1, 0.15) is 13.2 Å². The van der Waals surface area contributed by atoms with Gasteiger partial charge in [-0.25, -0.2) is 0 Å². The van der Waals surface area contributed by atoms with Gasteiger partial charge < -0.3 is 18.9 Å². The Morgan fingerprint density at radius 3 is 2.56 bits per heavy atom. The molecule has 4 rings (SSSR count). The Kier molecular flexibility index (Phi) is 3.85. The summed E-state index contributed by atoms with van der Waals surface area (Å²) >= 11 is 0. The molecule has 0 saturated heterocycles. The number of hydrogen-bond donors (Lipinski definition) is 0. The number of ether oxygens (including phenoxy) is 2.